The number of hydrazine groups is 1. The van der Waals surface area contributed by atoms with Crippen molar-refractivity contribution >= 4 is 34.6 Å². The van der Waals surface area contributed by atoms with Crippen LogP contribution in [0.5, 0.6) is 0 Å². The van der Waals surface area contributed by atoms with Crippen molar-refractivity contribution < 1.29 is 14.3 Å². The first-order valence-corrected chi connectivity index (χ1v) is 10.0. The Morgan fingerprint density at radius 1 is 0.967 bits per heavy atom. The predicted octanol–water partition coefficient (Wildman–Crippen LogP) is 2.56. The van der Waals surface area contributed by atoms with E-state index in [4.69, 9.17) is 0 Å². The van der Waals surface area contributed by atoms with E-state index in [2.05, 4.69) is 20.8 Å². The third-order valence-corrected chi connectivity index (χ3v) is 5.23. The lowest BCUT2D eigenvalue weighted by Gasteiger charge is -2.08. The Morgan fingerprint density at radius 3 is 2.43 bits per heavy atom. The summed E-state index contributed by atoms with van der Waals surface area (Å²) >= 11 is 1.57. The molecular formula is C21H17N5O3S. The first-order valence-electron chi connectivity index (χ1n) is 9.04. The standard InChI is InChI=1S/C21H17N5O3S/c27-19(24-25-20(28)16-4-3-11-26(29)12-16)15-9-7-14(8-10-15)13-30-21-22-17-5-1-2-6-18(17)23-21/h1-12H,13H2,(H,22,23)(H,24,27)(H,25,28). The average Bonchev–Trinajstić information content (AvgIpc) is 3.19. The number of fused-ring (bicyclic) bond motifs is 1. The number of hydrogen-bond donors (Lipinski definition) is 3. The molecule has 0 saturated heterocycles. The summed E-state index contributed by atoms with van der Waals surface area (Å²) in [6, 6.07) is 17.8. The molecule has 0 aliphatic heterocycles. The molecule has 150 valence electrons. The van der Waals surface area contributed by atoms with E-state index in [9.17, 15) is 14.8 Å². The zero-order chi connectivity index (χ0) is 20.9. The highest BCUT2D eigenvalue weighted by Gasteiger charge is 2.11. The molecule has 0 spiro atoms. The molecule has 2 aromatic carbocycles. The zero-order valence-electron chi connectivity index (χ0n) is 15.7. The SMILES string of the molecule is O=C(NNC(=O)c1ccc[n+]([O-])c1)c1ccc(CSc2nc3ccccc3[nH]2)cc1. The van der Waals surface area contributed by atoms with Crippen LogP contribution in [0, 0.1) is 5.21 Å². The summed E-state index contributed by atoms with van der Waals surface area (Å²) in [4.78, 5) is 32.0. The molecule has 0 fully saturated rings. The lowest BCUT2D eigenvalue weighted by molar-refractivity contribution is -0.605. The second kappa shape index (κ2) is 8.66. The van der Waals surface area contributed by atoms with Gasteiger partial charge < -0.3 is 10.2 Å². The van der Waals surface area contributed by atoms with E-state index in [1.165, 1.54) is 18.3 Å². The number of nitrogens with zero attached hydrogens (tertiary/aromatic N) is 2. The van der Waals surface area contributed by atoms with Gasteiger partial charge in [0.2, 0.25) is 0 Å². The van der Waals surface area contributed by atoms with Gasteiger partial charge >= 0.3 is 0 Å². The molecular weight excluding hydrogens is 402 g/mol. The number of carbonyl (C=O) groups is 2. The van der Waals surface area contributed by atoms with Crippen LogP contribution >= 0.6 is 11.8 Å². The molecule has 0 aliphatic carbocycles. The van der Waals surface area contributed by atoms with Gasteiger partial charge in [-0.2, -0.15) is 4.73 Å². The maximum absolute atomic E-state index is 12.2. The first kappa shape index (κ1) is 19.5. The van der Waals surface area contributed by atoms with Gasteiger partial charge in [0.1, 0.15) is 5.56 Å². The highest BCUT2D eigenvalue weighted by molar-refractivity contribution is 7.98. The van der Waals surface area contributed by atoms with E-state index >= 15 is 0 Å². The topological polar surface area (TPSA) is 114 Å². The fourth-order valence-electron chi connectivity index (χ4n) is 2.75. The van der Waals surface area contributed by atoms with E-state index in [1.807, 2.05) is 36.4 Å². The minimum absolute atomic E-state index is 0.144. The minimum atomic E-state index is -0.576. The number of thioether (sulfide) groups is 1. The van der Waals surface area contributed by atoms with Gasteiger partial charge in [0.15, 0.2) is 17.6 Å². The average molecular weight is 419 g/mol. The highest BCUT2D eigenvalue weighted by Crippen LogP contribution is 2.23. The third-order valence-electron chi connectivity index (χ3n) is 4.29. The maximum Gasteiger partial charge on any atom is 0.275 e. The van der Waals surface area contributed by atoms with Crippen LogP contribution in [0.3, 0.4) is 0 Å². The van der Waals surface area contributed by atoms with Crippen LogP contribution < -0.4 is 15.6 Å². The number of imidazole rings is 1. The van der Waals surface area contributed by atoms with Crippen LogP contribution in [-0.4, -0.2) is 21.8 Å². The van der Waals surface area contributed by atoms with Gasteiger partial charge in [-0.05, 0) is 35.9 Å². The normalized spacial score (nSPS) is 10.7. The van der Waals surface area contributed by atoms with Crippen molar-refractivity contribution in [2.24, 2.45) is 0 Å². The molecule has 4 aromatic rings. The molecule has 0 aliphatic rings. The highest BCUT2D eigenvalue weighted by atomic mass is 32.2. The number of hydrogen-bond acceptors (Lipinski definition) is 5. The van der Waals surface area contributed by atoms with Crippen LogP contribution in [0.25, 0.3) is 11.0 Å². The molecule has 0 atom stereocenters. The summed E-state index contributed by atoms with van der Waals surface area (Å²) < 4.78 is 0.513. The first-order chi connectivity index (χ1) is 14.6. The van der Waals surface area contributed by atoms with Crippen LogP contribution in [0.15, 0.2) is 78.2 Å². The van der Waals surface area contributed by atoms with Gasteiger partial charge in [-0.15, -0.1) is 0 Å². The number of para-hydroxylation sites is 2. The Kier molecular flexibility index (Phi) is 5.62. The summed E-state index contributed by atoms with van der Waals surface area (Å²) in [6.07, 6.45) is 2.39. The monoisotopic (exact) mass is 419 g/mol. The van der Waals surface area contributed by atoms with Crippen molar-refractivity contribution in [3.05, 3.63) is 95.0 Å². The third kappa shape index (κ3) is 4.58. The van der Waals surface area contributed by atoms with E-state index in [1.54, 1.807) is 23.9 Å². The van der Waals surface area contributed by atoms with E-state index in [0.717, 1.165) is 28.0 Å². The van der Waals surface area contributed by atoms with E-state index in [0.29, 0.717) is 16.0 Å². The van der Waals surface area contributed by atoms with Crippen LogP contribution in [-0.2, 0) is 5.75 Å². The number of pyridine rings is 1. The second-order valence-electron chi connectivity index (χ2n) is 6.41. The minimum Gasteiger partial charge on any atom is -0.619 e. The van der Waals surface area contributed by atoms with Gasteiger partial charge in [-0.1, -0.05) is 36.0 Å². The quantitative estimate of drug-likeness (QED) is 0.199. The van der Waals surface area contributed by atoms with Crippen molar-refractivity contribution in [2.75, 3.05) is 0 Å². The van der Waals surface area contributed by atoms with Crippen molar-refractivity contribution in [2.45, 2.75) is 10.9 Å². The molecule has 2 heterocycles. The number of H-pyrrole nitrogens is 1. The van der Waals surface area contributed by atoms with Crippen molar-refractivity contribution in [1.82, 2.24) is 20.8 Å². The summed E-state index contributed by atoms with van der Waals surface area (Å²) in [6.45, 7) is 0. The number of aromatic amines is 1. The Hall–Kier alpha value is -3.85. The van der Waals surface area contributed by atoms with Crippen LogP contribution in [0.1, 0.15) is 26.3 Å². The van der Waals surface area contributed by atoms with Crippen LogP contribution in [0.4, 0.5) is 0 Å². The molecule has 9 heteroatoms. The van der Waals surface area contributed by atoms with Crippen molar-refractivity contribution in [3.8, 4) is 0 Å². The Balaban J connectivity index is 1.31. The smallest absolute Gasteiger partial charge is 0.275 e. The molecule has 3 N–H and O–H groups in total. The Morgan fingerprint density at radius 2 is 1.70 bits per heavy atom. The van der Waals surface area contributed by atoms with Crippen LogP contribution in [0.2, 0.25) is 0 Å². The lowest BCUT2D eigenvalue weighted by Crippen LogP contribution is -2.42. The van der Waals surface area contributed by atoms with E-state index in [-0.39, 0.29) is 5.56 Å². The summed E-state index contributed by atoms with van der Waals surface area (Å²) in [7, 11) is 0. The number of rotatable bonds is 5. The number of aromatic nitrogens is 3. The zero-order valence-corrected chi connectivity index (χ0v) is 16.5. The Labute approximate surface area is 175 Å². The Bertz CT molecular complexity index is 1170. The van der Waals surface area contributed by atoms with Gasteiger partial charge in [0, 0.05) is 17.4 Å². The van der Waals surface area contributed by atoms with Gasteiger partial charge in [-0.3, -0.25) is 20.4 Å². The van der Waals surface area contributed by atoms with Gasteiger partial charge in [-0.25, -0.2) is 4.98 Å². The van der Waals surface area contributed by atoms with Crippen molar-refractivity contribution in [1.29, 1.82) is 0 Å². The fraction of sp³-hybridized carbons (Fsp3) is 0.0476. The van der Waals surface area contributed by atoms with Gasteiger partial charge in [0.05, 0.1) is 11.0 Å². The molecule has 0 radical (unpaired) electrons. The number of benzene rings is 2. The number of amides is 2. The molecule has 2 aromatic heterocycles. The molecule has 8 nitrogen and oxygen atoms in total. The van der Waals surface area contributed by atoms with Crippen molar-refractivity contribution in [3.63, 3.8) is 0 Å². The fourth-order valence-corrected chi connectivity index (χ4v) is 3.59. The predicted molar refractivity (Wildman–Crippen MR) is 112 cm³/mol. The lowest BCUT2D eigenvalue weighted by atomic mass is 10.1. The summed E-state index contributed by atoms with van der Waals surface area (Å²) in [5.74, 6) is -0.333. The number of nitrogens with one attached hydrogen (secondary N) is 3. The molecule has 0 unspecified atom stereocenters. The molecule has 4 rings (SSSR count). The summed E-state index contributed by atoms with van der Waals surface area (Å²) in [5.41, 5.74) is 8.13. The number of carbonyl (C=O) groups excluding carboxylic acids is 2. The summed E-state index contributed by atoms with van der Waals surface area (Å²) in [5, 5.41) is 12.1. The molecule has 0 bridgehead atoms. The molecule has 2 amide bonds. The largest absolute Gasteiger partial charge is 0.619 e. The maximum atomic E-state index is 12.2. The second-order valence-corrected chi connectivity index (χ2v) is 7.37. The molecule has 30 heavy (non-hydrogen) atoms. The van der Waals surface area contributed by atoms with Gasteiger partial charge in [0.25, 0.3) is 11.8 Å². The van der Waals surface area contributed by atoms with E-state index < -0.39 is 11.8 Å². The molecule has 0 saturated carbocycles.